The lowest BCUT2D eigenvalue weighted by molar-refractivity contribution is -0.143. The summed E-state index contributed by atoms with van der Waals surface area (Å²) < 4.78 is 26.5. The summed E-state index contributed by atoms with van der Waals surface area (Å²) in [4.78, 5) is 22.5. The Bertz CT molecular complexity index is 309. The molecule has 106 valence electrons. The molecule has 8 heteroatoms. The number of ether oxygens (including phenoxy) is 1. The van der Waals surface area contributed by atoms with E-state index in [1.165, 1.54) is 0 Å². The summed E-state index contributed by atoms with van der Waals surface area (Å²) in [5.74, 6) is -1.12. The molecule has 0 saturated carbocycles. The van der Waals surface area contributed by atoms with E-state index in [4.69, 9.17) is 9.05 Å². The molecular weight excluding hydrogens is 261 g/mol. The van der Waals surface area contributed by atoms with Crippen molar-refractivity contribution in [3.05, 3.63) is 0 Å². The minimum atomic E-state index is -3.41. The van der Waals surface area contributed by atoms with Crippen LogP contribution in [-0.2, 0) is 27.9 Å². The van der Waals surface area contributed by atoms with Gasteiger partial charge in [-0.05, 0) is 20.8 Å². The largest absolute Gasteiger partial charge is 0.465 e. The first kappa shape index (κ1) is 17.1. The van der Waals surface area contributed by atoms with E-state index in [-0.39, 0.29) is 26.4 Å². The summed E-state index contributed by atoms with van der Waals surface area (Å²) in [6.45, 7) is 5.32. The topological polar surface area (TPSA) is 90.9 Å². The Morgan fingerprint density at radius 3 is 2.06 bits per heavy atom. The molecule has 0 heterocycles. The van der Waals surface area contributed by atoms with Gasteiger partial charge in [0.15, 0.2) is 0 Å². The number of carbonyl (C=O) groups is 2. The van der Waals surface area contributed by atoms with Crippen LogP contribution < -0.4 is 5.32 Å². The lowest BCUT2D eigenvalue weighted by Crippen LogP contribution is -2.33. The van der Waals surface area contributed by atoms with Crippen LogP contribution in [0.1, 0.15) is 20.8 Å². The number of esters is 1. The van der Waals surface area contributed by atoms with Crippen LogP contribution in [0.5, 0.6) is 0 Å². The van der Waals surface area contributed by atoms with Crippen LogP contribution in [0.15, 0.2) is 0 Å². The molecule has 0 aliphatic carbocycles. The van der Waals surface area contributed by atoms with E-state index in [9.17, 15) is 14.2 Å². The average molecular weight is 281 g/mol. The third-order valence-corrected chi connectivity index (χ3v) is 3.70. The maximum absolute atomic E-state index is 12.0. The molecule has 1 N–H and O–H groups in total. The molecule has 0 aromatic rings. The predicted molar refractivity (Wildman–Crippen MR) is 65.4 cm³/mol. The molecule has 0 aliphatic heterocycles. The molecule has 0 aromatic heterocycles. The summed E-state index contributed by atoms with van der Waals surface area (Å²) in [6, 6.07) is 0. The van der Waals surface area contributed by atoms with Crippen molar-refractivity contribution in [2.45, 2.75) is 20.8 Å². The van der Waals surface area contributed by atoms with Gasteiger partial charge in [-0.1, -0.05) is 0 Å². The van der Waals surface area contributed by atoms with Crippen LogP contribution in [0.3, 0.4) is 0 Å². The maximum Gasteiger partial charge on any atom is 0.340 e. The fourth-order valence-corrected chi connectivity index (χ4v) is 2.64. The first-order valence-corrected chi connectivity index (χ1v) is 7.50. The second kappa shape index (κ2) is 9.08. The van der Waals surface area contributed by atoms with Gasteiger partial charge in [0.2, 0.25) is 5.91 Å². The molecule has 0 rings (SSSR count). The van der Waals surface area contributed by atoms with Gasteiger partial charge >= 0.3 is 13.6 Å². The Balaban J connectivity index is 4.18. The zero-order valence-corrected chi connectivity index (χ0v) is 11.8. The highest BCUT2D eigenvalue weighted by Gasteiger charge is 2.27. The van der Waals surface area contributed by atoms with E-state index >= 15 is 0 Å². The SMILES string of the molecule is CCOC(=O)CNC(=O)CP(=O)(OCC)OCC. The van der Waals surface area contributed by atoms with E-state index in [0.717, 1.165) is 0 Å². The number of amides is 1. The van der Waals surface area contributed by atoms with Crippen LogP contribution in [0.2, 0.25) is 0 Å². The van der Waals surface area contributed by atoms with E-state index in [1.54, 1.807) is 20.8 Å². The molecule has 1 amide bonds. The van der Waals surface area contributed by atoms with Gasteiger partial charge in [0.1, 0.15) is 12.7 Å². The van der Waals surface area contributed by atoms with Crippen LogP contribution in [0, 0.1) is 0 Å². The molecule has 0 saturated heterocycles. The minimum Gasteiger partial charge on any atom is -0.465 e. The van der Waals surface area contributed by atoms with Crippen LogP contribution >= 0.6 is 7.60 Å². The van der Waals surface area contributed by atoms with Gasteiger partial charge in [-0.25, -0.2) is 0 Å². The van der Waals surface area contributed by atoms with Gasteiger partial charge < -0.3 is 19.1 Å². The van der Waals surface area contributed by atoms with Gasteiger partial charge in [0.25, 0.3) is 0 Å². The Kier molecular flexibility index (Phi) is 8.62. The standard InChI is InChI=1S/C10H20NO6P/c1-4-15-10(13)7-11-9(12)8-18(14,16-5-2)17-6-3/h4-8H2,1-3H3,(H,11,12). The number of carbonyl (C=O) groups excluding carboxylic acids is 2. The van der Waals surface area contributed by atoms with Gasteiger partial charge in [-0.15, -0.1) is 0 Å². The summed E-state index contributed by atoms with van der Waals surface area (Å²) in [5, 5.41) is 2.29. The zero-order chi connectivity index (χ0) is 14.0. The van der Waals surface area contributed by atoms with Crippen molar-refractivity contribution in [1.82, 2.24) is 5.32 Å². The third kappa shape index (κ3) is 7.42. The number of rotatable bonds is 9. The normalized spacial score (nSPS) is 11.1. The van der Waals surface area contributed by atoms with E-state index in [1.807, 2.05) is 0 Å². The van der Waals surface area contributed by atoms with Crippen molar-refractivity contribution in [1.29, 1.82) is 0 Å². The summed E-state index contributed by atoms with van der Waals surface area (Å²) in [6.07, 6.45) is -0.409. The van der Waals surface area contributed by atoms with Gasteiger partial charge in [0.05, 0.1) is 19.8 Å². The Morgan fingerprint density at radius 1 is 1.06 bits per heavy atom. The highest BCUT2D eigenvalue weighted by atomic mass is 31.2. The Hall–Kier alpha value is -0.910. The van der Waals surface area contributed by atoms with Gasteiger partial charge in [-0.2, -0.15) is 0 Å². The highest BCUT2D eigenvalue weighted by Crippen LogP contribution is 2.47. The average Bonchev–Trinajstić information content (AvgIpc) is 2.27. The highest BCUT2D eigenvalue weighted by molar-refractivity contribution is 7.54. The Morgan fingerprint density at radius 2 is 1.61 bits per heavy atom. The fourth-order valence-electron chi connectivity index (χ4n) is 1.14. The van der Waals surface area contributed by atoms with Crippen molar-refractivity contribution in [3.8, 4) is 0 Å². The zero-order valence-electron chi connectivity index (χ0n) is 10.9. The summed E-state index contributed by atoms with van der Waals surface area (Å²) in [5.41, 5.74) is 0. The summed E-state index contributed by atoms with van der Waals surface area (Å²) >= 11 is 0. The lowest BCUT2D eigenvalue weighted by Gasteiger charge is -2.16. The monoisotopic (exact) mass is 281 g/mol. The Labute approximate surface area is 107 Å². The minimum absolute atomic E-state index is 0.183. The molecule has 7 nitrogen and oxygen atoms in total. The first-order chi connectivity index (χ1) is 8.47. The van der Waals surface area contributed by atoms with Crippen molar-refractivity contribution in [2.75, 3.05) is 32.5 Å². The second-order valence-corrected chi connectivity index (χ2v) is 5.24. The van der Waals surface area contributed by atoms with Crippen molar-refractivity contribution >= 4 is 19.5 Å². The van der Waals surface area contributed by atoms with Gasteiger partial charge in [0, 0.05) is 0 Å². The molecule has 0 aliphatic rings. The molecule has 0 fully saturated rings. The second-order valence-electron chi connectivity index (χ2n) is 3.19. The van der Waals surface area contributed by atoms with Crippen LogP contribution in [-0.4, -0.2) is 44.4 Å². The number of hydrogen-bond acceptors (Lipinski definition) is 6. The van der Waals surface area contributed by atoms with E-state index in [2.05, 4.69) is 10.1 Å². The molecule has 0 spiro atoms. The molecule has 0 aromatic carbocycles. The van der Waals surface area contributed by atoms with Crippen LogP contribution in [0.25, 0.3) is 0 Å². The molecule has 18 heavy (non-hydrogen) atoms. The third-order valence-electron chi connectivity index (χ3n) is 1.72. The number of nitrogens with one attached hydrogen (secondary N) is 1. The summed E-state index contributed by atoms with van der Waals surface area (Å²) in [7, 11) is -3.41. The van der Waals surface area contributed by atoms with Crippen molar-refractivity contribution < 1.29 is 27.9 Å². The first-order valence-electron chi connectivity index (χ1n) is 5.77. The van der Waals surface area contributed by atoms with Crippen LogP contribution in [0.4, 0.5) is 0 Å². The molecule has 0 atom stereocenters. The molecule has 0 bridgehead atoms. The number of hydrogen-bond donors (Lipinski definition) is 1. The quantitative estimate of drug-likeness (QED) is 0.499. The maximum atomic E-state index is 12.0. The van der Waals surface area contributed by atoms with E-state index < -0.39 is 25.6 Å². The lowest BCUT2D eigenvalue weighted by atomic mass is 10.6. The molecular formula is C10H20NO6P. The fraction of sp³-hybridized carbons (Fsp3) is 0.800. The smallest absolute Gasteiger partial charge is 0.340 e. The predicted octanol–water partition coefficient (Wildman–Crippen LogP) is 0.932. The van der Waals surface area contributed by atoms with E-state index in [0.29, 0.717) is 0 Å². The van der Waals surface area contributed by atoms with Crippen molar-refractivity contribution in [2.24, 2.45) is 0 Å². The van der Waals surface area contributed by atoms with Gasteiger partial charge in [-0.3, -0.25) is 14.2 Å². The molecule has 0 radical (unpaired) electrons. The van der Waals surface area contributed by atoms with Crippen molar-refractivity contribution in [3.63, 3.8) is 0 Å². The molecule has 0 unspecified atom stereocenters.